The first-order chi connectivity index (χ1) is 8.65. The predicted octanol–water partition coefficient (Wildman–Crippen LogP) is 3.08. The molecule has 0 saturated carbocycles. The van der Waals surface area contributed by atoms with E-state index in [1.54, 1.807) is 18.2 Å². The molecule has 1 aromatic heterocycles. The van der Waals surface area contributed by atoms with Crippen molar-refractivity contribution in [2.45, 2.75) is 6.92 Å². The highest BCUT2D eigenvalue weighted by atomic mass is 35.5. The maximum atomic E-state index is 11.7. The van der Waals surface area contributed by atoms with Crippen LogP contribution in [0.3, 0.4) is 0 Å². The molecule has 0 radical (unpaired) electrons. The SMILES string of the molecule is Cc1cc(Cl)ccc1NC(=O)Nc1cnccn1. The number of urea groups is 1. The highest BCUT2D eigenvalue weighted by Gasteiger charge is 2.05. The molecule has 1 aromatic carbocycles. The average Bonchev–Trinajstić information content (AvgIpc) is 2.34. The summed E-state index contributed by atoms with van der Waals surface area (Å²) in [5.74, 6) is 0.390. The summed E-state index contributed by atoms with van der Waals surface area (Å²) in [6.07, 6.45) is 4.50. The Morgan fingerprint density at radius 3 is 2.78 bits per heavy atom. The first kappa shape index (κ1) is 12.3. The number of rotatable bonds is 2. The molecule has 2 amide bonds. The van der Waals surface area contributed by atoms with Gasteiger partial charge in [-0.25, -0.2) is 9.78 Å². The number of carbonyl (C=O) groups is 1. The Bertz CT molecular complexity index is 559. The first-order valence-corrected chi connectivity index (χ1v) is 5.63. The number of hydrogen-bond donors (Lipinski definition) is 2. The van der Waals surface area contributed by atoms with Crippen molar-refractivity contribution in [2.24, 2.45) is 0 Å². The molecule has 0 spiro atoms. The zero-order valence-corrected chi connectivity index (χ0v) is 10.4. The van der Waals surface area contributed by atoms with Crippen LogP contribution in [0.25, 0.3) is 0 Å². The van der Waals surface area contributed by atoms with Gasteiger partial charge in [0.1, 0.15) is 0 Å². The van der Waals surface area contributed by atoms with Crippen LogP contribution in [0.1, 0.15) is 5.56 Å². The minimum atomic E-state index is -0.374. The van der Waals surface area contributed by atoms with Crippen LogP contribution < -0.4 is 10.6 Å². The maximum Gasteiger partial charge on any atom is 0.324 e. The van der Waals surface area contributed by atoms with E-state index >= 15 is 0 Å². The van der Waals surface area contributed by atoms with Gasteiger partial charge >= 0.3 is 6.03 Å². The van der Waals surface area contributed by atoms with E-state index in [2.05, 4.69) is 20.6 Å². The van der Waals surface area contributed by atoms with Gasteiger partial charge in [0.2, 0.25) is 0 Å². The smallest absolute Gasteiger partial charge is 0.307 e. The zero-order chi connectivity index (χ0) is 13.0. The first-order valence-electron chi connectivity index (χ1n) is 5.25. The molecule has 0 unspecified atom stereocenters. The molecule has 0 aliphatic heterocycles. The van der Waals surface area contributed by atoms with Crippen molar-refractivity contribution in [3.63, 3.8) is 0 Å². The molecule has 0 aliphatic rings. The van der Waals surface area contributed by atoms with Gasteiger partial charge < -0.3 is 5.32 Å². The number of hydrogen-bond acceptors (Lipinski definition) is 3. The second kappa shape index (κ2) is 5.46. The van der Waals surface area contributed by atoms with E-state index in [0.29, 0.717) is 16.5 Å². The molecule has 6 heteroatoms. The van der Waals surface area contributed by atoms with Crippen LogP contribution in [0.2, 0.25) is 5.02 Å². The Morgan fingerprint density at radius 1 is 1.28 bits per heavy atom. The molecule has 18 heavy (non-hydrogen) atoms. The number of aromatic nitrogens is 2. The summed E-state index contributed by atoms with van der Waals surface area (Å²) in [5.41, 5.74) is 1.58. The Kier molecular flexibility index (Phi) is 3.74. The molecule has 0 saturated heterocycles. The summed E-state index contributed by atoms with van der Waals surface area (Å²) in [7, 11) is 0. The number of nitrogens with zero attached hydrogens (tertiary/aromatic N) is 2. The fraction of sp³-hybridized carbons (Fsp3) is 0.0833. The minimum Gasteiger partial charge on any atom is -0.307 e. The van der Waals surface area contributed by atoms with E-state index in [1.165, 1.54) is 18.6 Å². The summed E-state index contributed by atoms with van der Waals surface area (Å²) in [6.45, 7) is 1.86. The maximum absolute atomic E-state index is 11.7. The number of anilines is 2. The van der Waals surface area contributed by atoms with Gasteiger partial charge in [0, 0.05) is 23.1 Å². The van der Waals surface area contributed by atoms with Crippen LogP contribution >= 0.6 is 11.6 Å². The Morgan fingerprint density at radius 2 is 2.11 bits per heavy atom. The summed E-state index contributed by atoms with van der Waals surface area (Å²) >= 11 is 5.84. The highest BCUT2D eigenvalue weighted by molar-refractivity contribution is 6.30. The lowest BCUT2D eigenvalue weighted by molar-refractivity contribution is 0.262. The molecule has 92 valence electrons. The molecule has 5 nitrogen and oxygen atoms in total. The highest BCUT2D eigenvalue weighted by Crippen LogP contribution is 2.19. The minimum absolute atomic E-state index is 0.374. The zero-order valence-electron chi connectivity index (χ0n) is 9.64. The third kappa shape index (κ3) is 3.18. The van der Waals surface area contributed by atoms with Crippen LogP contribution in [-0.2, 0) is 0 Å². The van der Waals surface area contributed by atoms with Crippen LogP contribution in [0, 0.1) is 6.92 Å². The lowest BCUT2D eigenvalue weighted by Crippen LogP contribution is -2.20. The van der Waals surface area contributed by atoms with Gasteiger partial charge in [-0.1, -0.05) is 11.6 Å². The van der Waals surface area contributed by atoms with E-state index in [-0.39, 0.29) is 6.03 Å². The molecular weight excluding hydrogens is 252 g/mol. The molecule has 2 aromatic rings. The Balaban J connectivity index is 2.03. The molecule has 2 N–H and O–H groups in total. The van der Waals surface area contributed by atoms with Crippen molar-refractivity contribution in [3.05, 3.63) is 47.4 Å². The van der Waals surface area contributed by atoms with E-state index in [1.807, 2.05) is 6.92 Å². The quantitative estimate of drug-likeness (QED) is 0.874. The average molecular weight is 263 g/mol. The standard InChI is InChI=1S/C12H11ClN4O/c1-8-6-9(13)2-3-10(8)16-12(18)17-11-7-14-4-5-15-11/h2-7H,1H3,(H2,15,16,17,18). The number of carbonyl (C=O) groups excluding carboxylic acids is 1. The van der Waals surface area contributed by atoms with E-state index in [4.69, 9.17) is 11.6 Å². The third-order valence-corrected chi connectivity index (χ3v) is 2.48. The molecular formula is C12H11ClN4O. The van der Waals surface area contributed by atoms with Crippen LogP contribution in [-0.4, -0.2) is 16.0 Å². The molecule has 0 fully saturated rings. The number of nitrogens with one attached hydrogen (secondary N) is 2. The van der Waals surface area contributed by atoms with Crippen molar-refractivity contribution in [3.8, 4) is 0 Å². The lowest BCUT2D eigenvalue weighted by atomic mass is 10.2. The van der Waals surface area contributed by atoms with Crippen molar-refractivity contribution >= 4 is 29.1 Å². The Hall–Kier alpha value is -2.14. The molecule has 1 heterocycles. The van der Waals surface area contributed by atoms with E-state index in [9.17, 15) is 4.79 Å². The summed E-state index contributed by atoms with van der Waals surface area (Å²) < 4.78 is 0. The van der Waals surface area contributed by atoms with Crippen molar-refractivity contribution < 1.29 is 4.79 Å². The number of aryl methyl sites for hydroxylation is 1. The number of halogens is 1. The monoisotopic (exact) mass is 262 g/mol. The predicted molar refractivity (Wildman–Crippen MR) is 70.9 cm³/mol. The van der Waals surface area contributed by atoms with Crippen LogP contribution in [0.15, 0.2) is 36.8 Å². The fourth-order valence-corrected chi connectivity index (χ4v) is 1.63. The normalized spacial score (nSPS) is 9.89. The fourth-order valence-electron chi connectivity index (χ4n) is 1.40. The number of amides is 2. The van der Waals surface area contributed by atoms with Gasteiger partial charge in [0.05, 0.1) is 6.20 Å². The van der Waals surface area contributed by atoms with E-state index in [0.717, 1.165) is 5.56 Å². The molecule has 0 aliphatic carbocycles. The lowest BCUT2D eigenvalue weighted by Gasteiger charge is -2.09. The van der Waals surface area contributed by atoms with Crippen molar-refractivity contribution in [1.29, 1.82) is 0 Å². The summed E-state index contributed by atoms with van der Waals surface area (Å²) in [5, 5.41) is 5.92. The van der Waals surface area contributed by atoms with Crippen molar-refractivity contribution in [2.75, 3.05) is 10.6 Å². The topological polar surface area (TPSA) is 66.9 Å². The largest absolute Gasteiger partial charge is 0.324 e. The van der Waals surface area contributed by atoms with Gasteiger partial charge in [0.25, 0.3) is 0 Å². The second-order valence-corrected chi connectivity index (χ2v) is 4.07. The van der Waals surface area contributed by atoms with Crippen molar-refractivity contribution in [1.82, 2.24) is 9.97 Å². The molecule has 2 rings (SSSR count). The molecule has 0 atom stereocenters. The number of benzene rings is 1. The van der Waals surface area contributed by atoms with Gasteiger partial charge in [-0.3, -0.25) is 10.3 Å². The van der Waals surface area contributed by atoms with Crippen LogP contribution in [0.4, 0.5) is 16.3 Å². The molecule has 0 bridgehead atoms. The van der Waals surface area contributed by atoms with Gasteiger partial charge in [-0.05, 0) is 30.7 Å². The van der Waals surface area contributed by atoms with Gasteiger partial charge in [-0.2, -0.15) is 0 Å². The van der Waals surface area contributed by atoms with Gasteiger partial charge in [0.15, 0.2) is 5.82 Å². The van der Waals surface area contributed by atoms with E-state index < -0.39 is 0 Å². The summed E-state index contributed by atoms with van der Waals surface area (Å²) in [6, 6.07) is 4.86. The Labute approximate surface area is 109 Å². The second-order valence-electron chi connectivity index (χ2n) is 3.63. The van der Waals surface area contributed by atoms with Gasteiger partial charge in [-0.15, -0.1) is 0 Å². The van der Waals surface area contributed by atoms with Crippen LogP contribution in [0.5, 0.6) is 0 Å². The third-order valence-electron chi connectivity index (χ3n) is 2.24. The summed E-state index contributed by atoms with van der Waals surface area (Å²) in [4.78, 5) is 19.5.